The monoisotopic (exact) mass is 283 g/mol. The first kappa shape index (κ1) is 14.6. The van der Waals surface area contributed by atoms with Gasteiger partial charge in [0.25, 0.3) is 0 Å². The summed E-state index contributed by atoms with van der Waals surface area (Å²) in [6.45, 7) is 3.07. The minimum Gasteiger partial charge on any atom is -0.506 e. The third-order valence-electron chi connectivity index (χ3n) is 4.07. The van der Waals surface area contributed by atoms with Gasteiger partial charge in [0.15, 0.2) is 0 Å². The van der Waals surface area contributed by atoms with Crippen LogP contribution in [0.4, 0.5) is 0 Å². The molecule has 1 fully saturated rings. The normalized spacial score (nSPS) is 27.4. The largest absolute Gasteiger partial charge is 0.506 e. The predicted molar refractivity (Wildman–Crippen MR) is 77.4 cm³/mol. The fourth-order valence-electron chi connectivity index (χ4n) is 2.97. The summed E-state index contributed by atoms with van der Waals surface area (Å²) in [5.74, 6) is 0.755. The Morgan fingerprint density at radius 3 is 2.89 bits per heavy atom. The summed E-state index contributed by atoms with van der Waals surface area (Å²) in [6.07, 6.45) is 4.43. The smallest absolute Gasteiger partial charge is 0.134 e. The average Bonchev–Trinajstić information content (AvgIpc) is 2.40. The van der Waals surface area contributed by atoms with E-state index in [0.29, 0.717) is 17.5 Å². The van der Waals surface area contributed by atoms with Crippen LogP contribution in [0.2, 0.25) is 5.02 Å². The van der Waals surface area contributed by atoms with Gasteiger partial charge in [0, 0.05) is 12.1 Å². The van der Waals surface area contributed by atoms with Gasteiger partial charge in [-0.1, -0.05) is 37.4 Å². The standard InChI is InChI=1S/C15H22ClNO2/c1-11-3-2-6-15(8-11,10-18)17-9-12-4-5-14(19)13(16)7-12/h4-5,7,11,17-19H,2-3,6,8-10H2,1H3. The van der Waals surface area contributed by atoms with Crippen molar-refractivity contribution >= 4 is 11.6 Å². The number of aromatic hydroxyl groups is 1. The molecule has 0 radical (unpaired) electrons. The molecule has 106 valence electrons. The number of benzene rings is 1. The van der Waals surface area contributed by atoms with E-state index in [4.69, 9.17) is 11.6 Å². The summed E-state index contributed by atoms with van der Waals surface area (Å²) in [4.78, 5) is 0. The fourth-order valence-corrected chi connectivity index (χ4v) is 3.17. The van der Waals surface area contributed by atoms with Crippen molar-refractivity contribution in [2.75, 3.05) is 6.61 Å². The Morgan fingerprint density at radius 2 is 2.26 bits per heavy atom. The van der Waals surface area contributed by atoms with Crippen LogP contribution in [0.25, 0.3) is 0 Å². The third-order valence-corrected chi connectivity index (χ3v) is 4.38. The topological polar surface area (TPSA) is 52.5 Å². The van der Waals surface area contributed by atoms with Gasteiger partial charge in [-0.25, -0.2) is 0 Å². The lowest BCUT2D eigenvalue weighted by Gasteiger charge is -2.39. The van der Waals surface area contributed by atoms with Gasteiger partial charge in [-0.3, -0.25) is 0 Å². The van der Waals surface area contributed by atoms with Gasteiger partial charge in [-0.2, -0.15) is 0 Å². The van der Waals surface area contributed by atoms with Gasteiger partial charge in [0.2, 0.25) is 0 Å². The van der Waals surface area contributed by atoms with E-state index in [1.54, 1.807) is 12.1 Å². The SMILES string of the molecule is CC1CCCC(CO)(NCc2ccc(O)c(Cl)c2)C1. The first-order chi connectivity index (χ1) is 9.04. The molecule has 3 N–H and O–H groups in total. The Labute approximate surface area is 119 Å². The fraction of sp³-hybridized carbons (Fsp3) is 0.600. The number of rotatable bonds is 4. The van der Waals surface area contributed by atoms with Gasteiger partial charge in [-0.15, -0.1) is 0 Å². The minimum absolute atomic E-state index is 0.105. The van der Waals surface area contributed by atoms with E-state index >= 15 is 0 Å². The minimum atomic E-state index is -0.165. The number of aliphatic hydroxyl groups is 1. The molecule has 1 saturated carbocycles. The number of hydrogen-bond acceptors (Lipinski definition) is 3. The van der Waals surface area contributed by atoms with Crippen molar-refractivity contribution in [2.24, 2.45) is 5.92 Å². The zero-order valence-corrected chi connectivity index (χ0v) is 12.1. The van der Waals surface area contributed by atoms with Gasteiger partial charge in [-0.05, 0) is 36.5 Å². The maximum absolute atomic E-state index is 9.71. The van der Waals surface area contributed by atoms with Crippen LogP contribution in [-0.4, -0.2) is 22.4 Å². The van der Waals surface area contributed by atoms with Gasteiger partial charge >= 0.3 is 0 Å². The second-order valence-corrected chi connectivity index (χ2v) is 6.19. The molecule has 2 rings (SSSR count). The maximum atomic E-state index is 9.71. The lowest BCUT2D eigenvalue weighted by atomic mass is 9.77. The molecule has 4 heteroatoms. The Morgan fingerprint density at radius 1 is 1.47 bits per heavy atom. The maximum Gasteiger partial charge on any atom is 0.134 e. The van der Waals surface area contributed by atoms with Crippen LogP contribution in [-0.2, 0) is 6.54 Å². The third kappa shape index (κ3) is 3.62. The molecule has 2 unspecified atom stereocenters. The number of nitrogens with one attached hydrogen (secondary N) is 1. The molecule has 1 aliphatic rings. The molecule has 19 heavy (non-hydrogen) atoms. The Hall–Kier alpha value is -0.770. The van der Waals surface area contributed by atoms with Crippen LogP contribution in [0, 0.1) is 5.92 Å². The Kier molecular flexibility index (Phi) is 4.71. The van der Waals surface area contributed by atoms with Crippen molar-refractivity contribution in [3.05, 3.63) is 28.8 Å². The van der Waals surface area contributed by atoms with Crippen LogP contribution >= 0.6 is 11.6 Å². The molecule has 1 aliphatic carbocycles. The highest BCUT2D eigenvalue weighted by Gasteiger charge is 2.33. The van der Waals surface area contributed by atoms with Crippen molar-refractivity contribution in [1.29, 1.82) is 0 Å². The van der Waals surface area contributed by atoms with Crippen molar-refractivity contribution in [3.8, 4) is 5.75 Å². The van der Waals surface area contributed by atoms with Crippen molar-refractivity contribution in [3.63, 3.8) is 0 Å². The summed E-state index contributed by atoms with van der Waals surface area (Å²) in [5.41, 5.74) is 0.857. The second-order valence-electron chi connectivity index (χ2n) is 5.78. The molecular weight excluding hydrogens is 262 g/mol. The van der Waals surface area contributed by atoms with E-state index in [2.05, 4.69) is 12.2 Å². The predicted octanol–water partition coefficient (Wildman–Crippen LogP) is 3.08. The highest BCUT2D eigenvalue weighted by Crippen LogP contribution is 2.32. The summed E-state index contributed by atoms with van der Waals surface area (Å²) in [5, 5.41) is 23.0. The first-order valence-corrected chi connectivity index (χ1v) is 7.26. The van der Waals surface area contributed by atoms with Gasteiger partial charge < -0.3 is 15.5 Å². The lowest BCUT2D eigenvalue weighted by Crippen LogP contribution is -2.51. The molecule has 0 amide bonds. The van der Waals surface area contributed by atoms with E-state index < -0.39 is 0 Å². The molecule has 1 aromatic rings. The van der Waals surface area contributed by atoms with E-state index in [0.717, 1.165) is 24.8 Å². The molecular formula is C15H22ClNO2. The zero-order chi connectivity index (χ0) is 13.9. The first-order valence-electron chi connectivity index (χ1n) is 6.88. The second kappa shape index (κ2) is 6.12. The molecule has 0 heterocycles. The van der Waals surface area contributed by atoms with Crippen molar-refractivity contribution < 1.29 is 10.2 Å². The quantitative estimate of drug-likeness (QED) is 0.796. The summed E-state index contributed by atoms with van der Waals surface area (Å²) < 4.78 is 0. The van der Waals surface area contributed by atoms with Crippen LogP contribution in [0.1, 0.15) is 38.2 Å². The molecule has 0 saturated heterocycles. The van der Waals surface area contributed by atoms with Crippen LogP contribution in [0.3, 0.4) is 0 Å². The van der Waals surface area contributed by atoms with Crippen LogP contribution in [0.15, 0.2) is 18.2 Å². The molecule has 3 nitrogen and oxygen atoms in total. The van der Waals surface area contributed by atoms with Crippen LogP contribution < -0.4 is 5.32 Å². The van der Waals surface area contributed by atoms with E-state index in [-0.39, 0.29) is 17.9 Å². The molecule has 0 aliphatic heterocycles. The highest BCUT2D eigenvalue weighted by molar-refractivity contribution is 6.32. The van der Waals surface area contributed by atoms with E-state index in [1.807, 2.05) is 6.07 Å². The summed E-state index contributed by atoms with van der Waals surface area (Å²) in [6, 6.07) is 5.22. The van der Waals surface area contributed by atoms with Crippen LogP contribution in [0.5, 0.6) is 5.75 Å². The number of aliphatic hydroxyl groups excluding tert-OH is 1. The summed E-state index contributed by atoms with van der Waals surface area (Å²) in [7, 11) is 0. The number of phenolic OH excluding ortho intramolecular Hbond substituents is 1. The average molecular weight is 284 g/mol. The highest BCUT2D eigenvalue weighted by atomic mass is 35.5. The number of halogens is 1. The molecule has 0 aromatic heterocycles. The molecule has 1 aromatic carbocycles. The number of phenols is 1. The van der Waals surface area contributed by atoms with Crippen molar-refractivity contribution in [2.45, 2.75) is 44.7 Å². The van der Waals surface area contributed by atoms with E-state index in [9.17, 15) is 10.2 Å². The van der Waals surface area contributed by atoms with Gasteiger partial charge in [0.05, 0.1) is 11.6 Å². The Balaban J connectivity index is 2.01. The zero-order valence-electron chi connectivity index (χ0n) is 11.3. The summed E-state index contributed by atoms with van der Waals surface area (Å²) >= 11 is 5.90. The lowest BCUT2D eigenvalue weighted by molar-refractivity contribution is 0.0982. The van der Waals surface area contributed by atoms with E-state index in [1.165, 1.54) is 6.42 Å². The molecule has 0 bridgehead atoms. The Bertz CT molecular complexity index is 438. The number of hydrogen-bond donors (Lipinski definition) is 3. The molecule has 2 atom stereocenters. The van der Waals surface area contributed by atoms with Gasteiger partial charge in [0.1, 0.15) is 5.75 Å². The molecule has 0 spiro atoms. The van der Waals surface area contributed by atoms with Crippen molar-refractivity contribution in [1.82, 2.24) is 5.32 Å².